The lowest BCUT2D eigenvalue weighted by Crippen LogP contribution is -2.46. The Morgan fingerprint density at radius 3 is 2.70 bits per heavy atom. The molecule has 0 saturated heterocycles. The molecule has 1 aromatic carbocycles. The molecule has 7 heteroatoms. The fourth-order valence-electron chi connectivity index (χ4n) is 2.56. The van der Waals surface area contributed by atoms with Gasteiger partial charge in [-0.1, -0.05) is 0 Å². The molecule has 0 bridgehead atoms. The van der Waals surface area contributed by atoms with Crippen molar-refractivity contribution < 1.29 is 13.9 Å². The Balaban J connectivity index is 1.91. The van der Waals surface area contributed by atoms with Crippen LogP contribution < -0.4 is 10.1 Å². The second-order valence-electron chi connectivity index (χ2n) is 7.14. The number of carbonyl (C=O) groups is 1. The van der Waals surface area contributed by atoms with Crippen LogP contribution in [0.1, 0.15) is 20.8 Å². The summed E-state index contributed by atoms with van der Waals surface area (Å²) in [7, 11) is 0. The van der Waals surface area contributed by atoms with Crippen LogP contribution >= 0.6 is 23.1 Å². The zero-order valence-electron chi connectivity index (χ0n) is 15.6. The first-order valence-corrected chi connectivity index (χ1v) is 10.6. The van der Waals surface area contributed by atoms with E-state index in [4.69, 9.17) is 4.74 Å². The fraction of sp³-hybridized carbons (Fsp3) is 0.300. The molecule has 1 N–H and O–H groups in total. The van der Waals surface area contributed by atoms with Crippen LogP contribution in [0.4, 0.5) is 4.39 Å². The van der Waals surface area contributed by atoms with Gasteiger partial charge in [-0.05, 0) is 61.5 Å². The summed E-state index contributed by atoms with van der Waals surface area (Å²) in [4.78, 5) is 16.7. The molecule has 1 unspecified atom stereocenters. The highest BCUT2D eigenvalue weighted by molar-refractivity contribution is 7.99. The third kappa shape index (κ3) is 4.78. The largest absolute Gasteiger partial charge is 0.467 e. The number of amides is 1. The van der Waals surface area contributed by atoms with Gasteiger partial charge in [-0.25, -0.2) is 4.39 Å². The molecular weight excluding hydrogens is 383 g/mol. The minimum atomic E-state index is -0.843. The van der Waals surface area contributed by atoms with E-state index in [1.165, 1.54) is 17.8 Å². The van der Waals surface area contributed by atoms with Gasteiger partial charge in [0.2, 0.25) is 5.44 Å². The van der Waals surface area contributed by atoms with Gasteiger partial charge in [0.1, 0.15) is 0 Å². The number of hydrogen-bond acceptors (Lipinski definition) is 5. The van der Waals surface area contributed by atoms with Crippen molar-refractivity contribution >= 4 is 39.9 Å². The van der Waals surface area contributed by atoms with E-state index in [2.05, 4.69) is 10.3 Å². The summed E-state index contributed by atoms with van der Waals surface area (Å²) >= 11 is 2.82. The average Bonchev–Trinajstić information content (AvgIpc) is 3.12. The van der Waals surface area contributed by atoms with Gasteiger partial charge in [0.25, 0.3) is 5.91 Å². The van der Waals surface area contributed by atoms with Crippen molar-refractivity contribution in [3.63, 3.8) is 0 Å². The van der Waals surface area contributed by atoms with E-state index in [0.29, 0.717) is 5.52 Å². The summed E-state index contributed by atoms with van der Waals surface area (Å²) in [6, 6.07) is 6.89. The topological polar surface area (TPSA) is 51.2 Å². The van der Waals surface area contributed by atoms with Crippen LogP contribution in [0.2, 0.25) is 0 Å². The Morgan fingerprint density at radius 1 is 1.30 bits per heavy atom. The predicted molar refractivity (Wildman–Crippen MR) is 111 cm³/mol. The van der Waals surface area contributed by atoms with E-state index >= 15 is 0 Å². The predicted octanol–water partition coefficient (Wildman–Crippen LogP) is 5.09. The number of halogens is 1. The maximum absolute atomic E-state index is 14.5. The molecule has 2 aromatic heterocycles. The van der Waals surface area contributed by atoms with E-state index < -0.39 is 16.8 Å². The molecule has 27 heavy (non-hydrogen) atoms. The van der Waals surface area contributed by atoms with Gasteiger partial charge in [-0.3, -0.25) is 9.78 Å². The van der Waals surface area contributed by atoms with Gasteiger partial charge in [-0.15, -0.1) is 11.8 Å². The third-order valence-corrected chi connectivity index (χ3v) is 5.17. The van der Waals surface area contributed by atoms with Gasteiger partial charge in [0, 0.05) is 28.8 Å². The average molecular weight is 405 g/mol. The number of carbonyl (C=O) groups excluding carboxylic acids is 1. The minimum Gasteiger partial charge on any atom is -0.467 e. The molecule has 0 spiro atoms. The number of pyridine rings is 1. The Morgan fingerprint density at radius 2 is 2.07 bits per heavy atom. The molecule has 1 amide bonds. The molecule has 2 heterocycles. The molecule has 0 aliphatic heterocycles. The van der Waals surface area contributed by atoms with E-state index in [1.807, 2.05) is 43.7 Å². The highest BCUT2D eigenvalue weighted by atomic mass is 32.2. The fourth-order valence-corrected chi connectivity index (χ4v) is 3.70. The maximum Gasteiger partial charge on any atom is 0.272 e. The first-order chi connectivity index (χ1) is 12.8. The van der Waals surface area contributed by atoms with Crippen LogP contribution in [0.3, 0.4) is 0 Å². The number of hydrogen-bond donors (Lipinski definition) is 1. The molecule has 0 radical (unpaired) electrons. The standard InChI is InChI=1S/C20H21FN2O2S2/c1-20(2,3)23-18(24)19(26-4)25-17-8-13-7-14(12-5-6-27-11-12)10-22-16(13)9-15(17)21/h5-11,19H,1-4H3,(H,23,24). The van der Waals surface area contributed by atoms with Crippen LogP contribution in [0, 0.1) is 5.82 Å². The highest BCUT2D eigenvalue weighted by Gasteiger charge is 2.25. The molecule has 3 rings (SSSR count). The Kier molecular flexibility index (Phi) is 5.72. The van der Waals surface area contributed by atoms with Crippen molar-refractivity contribution in [3.05, 3.63) is 47.0 Å². The van der Waals surface area contributed by atoms with Gasteiger partial charge in [0.15, 0.2) is 11.6 Å². The van der Waals surface area contributed by atoms with Gasteiger partial charge < -0.3 is 10.1 Å². The second-order valence-corrected chi connectivity index (χ2v) is 8.82. The summed E-state index contributed by atoms with van der Waals surface area (Å²) in [5, 5.41) is 7.64. The van der Waals surface area contributed by atoms with E-state index in [-0.39, 0.29) is 11.7 Å². The molecule has 1 atom stereocenters. The van der Waals surface area contributed by atoms with Gasteiger partial charge in [-0.2, -0.15) is 11.3 Å². The Labute approximate surface area is 166 Å². The minimum absolute atomic E-state index is 0.0372. The van der Waals surface area contributed by atoms with E-state index in [9.17, 15) is 9.18 Å². The SMILES string of the molecule is CSC(Oc1cc2cc(-c3ccsc3)cnc2cc1F)C(=O)NC(C)(C)C. The lowest BCUT2D eigenvalue weighted by Gasteiger charge is -2.24. The molecule has 142 valence electrons. The number of nitrogens with zero attached hydrogens (tertiary/aromatic N) is 1. The maximum atomic E-state index is 14.5. The van der Waals surface area contributed by atoms with Crippen molar-refractivity contribution in [1.29, 1.82) is 0 Å². The number of nitrogens with one attached hydrogen (secondary N) is 1. The van der Waals surface area contributed by atoms with Crippen molar-refractivity contribution in [2.45, 2.75) is 31.7 Å². The number of thioether (sulfide) groups is 1. The zero-order valence-corrected chi connectivity index (χ0v) is 17.2. The monoisotopic (exact) mass is 404 g/mol. The zero-order chi connectivity index (χ0) is 19.6. The molecule has 0 aliphatic rings. The normalized spacial score (nSPS) is 12.8. The molecule has 0 saturated carbocycles. The van der Waals surface area contributed by atoms with Gasteiger partial charge in [0.05, 0.1) is 5.52 Å². The molecule has 0 aliphatic carbocycles. The number of benzene rings is 1. The quantitative estimate of drug-likeness (QED) is 0.602. The van der Waals surface area contributed by atoms with E-state index in [0.717, 1.165) is 16.5 Å². The number of thiophene rings is 1. The first-order valence-electron chi connectivity index (χ1n) is 8.40. The summed E-state index contributed by atoms with van der Waals surface area (Å²) < 4.78 is 20.2. The number of rotatable bonds is 5. The van der Waals surface area contributed by atoms with Crippen LogP contribution in [0.5, 0.6) is 5.75 Å². The molecular formula is C20H21FN2O2S2. The highest BCUT2D eigenvalue weighted by Crippen LogP contribution is 2.30. The van der Waals surface area contributed by atoms with Gasteiger partial charge >= 0.3 is 0 Å². The van der Waals surface area contributed by atoms with Crippen LogP contribution in [-0.4, -0.2) is 28.1 Å². The Bertz CT molecular complexity index is 953. The first kappa shape index (κ1) is 19.6. The number of aromatic nitrogens is 1. The summed E-state index contributed by atoms with van der Waals surface area (Å²) in [6.45, 7) is 5.66. The molecule has 3 aromatic rings. The Hall–Kier alpha value is -2.12. The smallest absolute Gasteiger partial charge is 0.272 e. The van der Waals surface area contributed by atoms with Crippen molar-refractivity contribution in [2.75, 3.05) is 6.26 Å². The third-order valence-electron chi connectivity index (χ3n) is 3.75. The molecule has 4 nitrogen and oxygen atoms in total. The summed E-state index contributed by atoms with van der Waals surface area (Å²) in [5.41, 5.74) is 1.32. The van der Waals surface area contributed by atoms with Crippen LogP contribution in [0.25, 0.3) is 22.0 Å². The van der Waals surface area contributed by atoms with Crippen LogP contribution in [-0.2, 0) is 4.79 Å². The lowest BCUT2D eigenvalue weighted by molar-refractivity contribution is -0.125. The summed E-state index contributed by atoms with van der Waals surface area (Å²) in [5.74, 6) is -0.796. The van der Waals surface area contributed by atoms with Crippen molar-refractivity contribution in [2.24, 2.45) is 0 Å². The number of ether oxygens (including phenoxy) is 1. The second kappa shape index (κ2) is 7.86. The number of fused-ring (bicyclic) bond motifs is 1. The lowest BCUT2D eigenvalue weighted by atomic mass is 10.1. The van der Waals surface area contributed by atoms with Crippen molar-refractivity contribution in [1.82, 2.24) is 10.3 Å². The molecule has 0 fully saturated rings. The van der Waals surface area contributed by atoms with Crippen LogP contribution in [0.15, 0.2) is 41.2 Å². The summed E-state index contributed by atoms with van der Waals surface area (Å²) in [6.07, 6.45) is 3.48. The van der Waals surface area contributed by atoms with Crippen molar-refractivity contribution in [3.8, 4) is 16.9 Å². The van der Waals surface area contributed by atoms with E-state index in [1.54, 1.807) is 29.9 Å².